The van der Waals surface area contributed by atoms with E-state index in [4.69, 9.17) is 4.18 Å². The number of para-hydroxylation sites is 1. The number of rotatable bonds is 5. The molecule has 0 saturated carbocycles. The largest absolute Gasteiger partial charge is 0.378 e. The summed E-state index contributed by atoms with van der Waals surface area (Å²) in [5.74, 6) is 0.465. The second kappa shape index (κ2) is 7.36. The van der Waals surface area contributed by atoms with Gasteiger partial charge in [-0.3, -0.25) is 0 Å². The molecule has 8 nitrogen and oxygen atoms in total. The fourth-order valence-corrected chi connectivity index (χ4v) is 3.77. The molecular formula is C20H16N4O4S. The zero-order valence-electron chi connectivity index (χ0n) is 15.3. The summed E-state index contributed by atoms with van der Waals surface area (Å²) < 4.78 is 32.0. The minimum atomic E-state index is -4.06. The van der Waals surface area contributed by atoms with Crippen LogP contribution in [0.2, 0.25) is 0 Å². The summed E-state index contributed by atoms with van der Waals surface area (Å²) in [5, 5.41) is 11.8. The van der Waals surface area contributed by atoms with E-state index in [0.29, 0.717) is 11.4 Å². The molecule has 0 saturated heterocycles. The summed E-state index contributed by atoms with van der Waals surface area (Å²) >= 11 is 0. The first-order valence-electron chi connectivity index (χ1n) is 8.65. The molecule has 146 valence electrons. The smallest absolute Gasteiger partial charge is 0.364 e. The molecule has 0 aliphatic heterocycles. The lowest BCUT2D eigenvalue weighted by Crippen LogP contribution is -2.14. The van der Waals surface area contributed by atoms with Gasteiger partial charge in [-0.05, 0) is 42.0 Å². The molecule has 0 radical (unpaired) electrons. The van der Waals surface area contributed by atoms with Crippen molar-refractivity contribution in [2.45, 2.75) is 11.8 Å². The van der Waals surface area contributed by atoms with Crippen LogP contribution in [0.3, 0.4) is 0 Å². The minimum absolute atomic E-state index is 0.0461. The van der Waals surface area contributed by atoms with Crippen molar-refractivity contribution in [1.82, 2.24) is 14.9 Å². The Kier molecular flexibility index (Phi) is 4.73. The molecule has 0 amide bonds. The van der Waals surface area contributed by atoms with E-state index in [9.17, 15) is 13.2 Å². The lowest BCUT2D eigenvalue weighted by atomic mass is 10.1. The van der Waals surface area contributed by atoms with Crippen molar-refractivity contribution < 1.29 is 12.6 Å². The molecule has 0 aliphatic carbocycles. The van der Waals surface area contributed by atoms with Gasteiger partial charge in [0.05, 0.1) is 6.21 Å². The van der Waals surface area contributed by atoms with Gasteiger partial charge in [-0.2, -0.15) is 23.3 Å². The van der Waals surface area contributed by atoms with E-state index >= 15 is 0 Å². The van der Waals surface area contributed by atoms with Crippen LogP contribution in [0, 0.1) is 6.92 Å². The molecule has 9 heteroatoms. The number of nitrogens with zero attached hydrogens (tertiary/aromatic N) is 3. The Labute approximate surface area is 166 Å². The molecule has 3 aromatic carbocycles. The SMILES string of the molecule is Cc1n[nH]c(=O)n1N=Cc1ccccc1OS(=O)(=O)c1ccc2ccccc2c1. The van der Waals surface area contributed by atoms with Crippen molar-refractivity contribution >= 4 is 27.1 Å². The Morgan fingerprint density at radius 1 is 1.03 bits per heavy atom. The second-order valence-corrected chi connectivity index (χ2v) is 7.76. The Bertz CT molecular complexity index is 1390. The number of aryl methyl sites for hydroxylation is 1. The summed E-state index contributed by atoms with van der Waals surface area (Å²) in [6.07, 6.45) is 1.34. The van der Waals surface area contributed by atoms with Crippen LogP contribution in [-0.4, -0.2) is 29.5 Å². The van der Waals surface area contributed by atoms with Gasteiger partial charge < -0.3 is 4.18 Å². The molecule has 0 spiro atoms. The maximum atomic E-state index is 12.8. The third-order valence-corrected chi connectivity index (χ3v) is 5.48. The summed E-state index contributed by atoms with van der Waals surface area (Å²) in [6, 6.07) is 18.8. The number of aromatic nitrogens is 3. The van der Waals surface area contributed by atoms with Gasteiger partial charge in [-0.25, -0.2) is 9.89 Å². The monoisotopic (exact) mass is 408 g/mol. The minimum Gasteiger partial charge on any atom is -0.378 e. The highest BCUT2D eigenvalue weighted by Crippen LogP contribution is 2.24. The van der Waals surface area contributed by atoms with Crippen LogP contribution in [0.1, 0.15) is 11.4 Å². The van der Waals surface area contributed by atoms with E-state index < -0.39 is 15.8 Å². The lowest BCUT2D eigenvalue weighted by Gasteiger charge is -2.10. The van der Waals surface area contributed by atoms with Crippen molar-refractivity contribution in [1.29, 1.82) is 0 Å². The lowest BCUT2D eigenvalue weighted by molar-refractivity contribution is 0.486. The quantitative estimate of drug-likeness (QED) is 0.404. The van der Waals surface area contributed by atoms with Crippen molar-refractivity contribution in [3.8, 4) is 5.75 Å². The van der Waals surface area contributed by atoms with Crippen LogP contribution in [-0.2, 0) is 10.1 Å². The van der Waals surface area contributed by atoms with E-state index in [1.165, 1.54) is 18.3 Å². The average molecular weight is 408 g/mol. The first kappa shape index (κ1) is 18.6. The van der Waals surface area contributed by atoms with E-state index in [0.717, 1.165) is 15.4 Å². The van der Waals surface area contributed by atoms with Crippen LogP contribution >= 0.6 is 0 Å². The topological polar surface area (TPSA) is 106 Å². The Morgan fingerprint density at radius 3 is 2.52 bits per heavy atom. The first-order chi connectivity index (χ1) is 13.9. The number of hydrogen-bond acceptors (Lipinski definition) is 6. The fourth-order valence-electron chi connectivity index (χ4n) is 2.78. The van der Waals surface area contributed by atoms with Crippen LogP contribution in [0.15, 0.2) is 81.5 Å². The second-order valence-electron chi connectivity index (χ2n) is 6.22. The molecule has 1 N–H and O–H groups in total. The normalized spacial score (nSPS) is 11.9. The van der Waals surface area contributed by atoms with Crippen molar-refractivity contribution in [3.63, 3.8) is 0 Å². The molecule has 0 aliphatic rings. The molecule has 1 heterocycles. The van der Waals surface area contributed by atoms with Gasteiger partial charge in [0, 0.05) is 5.56 Å². The van der Waals surface area contributed by atoms with Gasteiger partial charge in [0.15, 0.2) is 11.6 Å². The van der Waals surface area contributed by atoms with Crippen molar-refractivity contribution in [2.75, 3.05) is 0 Å². The molecule has 0 bridgehead atoms. The average Bonchev–Trinajstić information content (AvgIpc) is 3.04. The van der Waals surface area contributed by atoms with Crippen LogP contribution in [0.5, 0.6) is 5.75 Å². The van der Waals surface area contributed by atoms with Gasteiger partial charge in [0.2, 0.25) is 0 Å². The van der Waals surface area contributed by atoms with Gasteiger partial charge in [0.1, 0.15) is 4.90 Å². The Morgan fingerprint density at radius 2 is 1.76 bits per heavy atom. The summed E-state index contributed by atoms with van der Waals surface area (Å²) in [5.41, 5.74) is -0.106. The Balaban J connectivity index is 1.67. The van der Waals surface area contributed by atoms with E-state index in [1.807, 2.05) is 24.3 Å². The summed E-state index contributed by atoms with van der Waals surface area (Å²) in [7, 11) is -4.06. The van der Waals surface area contributed by atoms with Crippen molar-refractivity contribution in [3.05, 3.63) is 88.6 Å². The standard InChI is InChI=1S/C20H16N4O4S/c1-14-22-23-20(25)24(14)21-13-17-8-4-5-9-19(17)28-29(26,27)18-11-10-15-6-2-3-7-16(15)12-18/h2-13H,1H3,(H,23,25). The Hall–Kier alpha value is -3.72. The van der Waals surface area contributed by atoms with Gasteiger partial charge >= 0.3 is 15.8 Å². The molecule has 0 unspecified atom stereocenters. The van der Waals surface area contributed by atoms with Crippen LogP contribution in [0.25, 0.3) is 10.8 Å². The molecule has 1 aromatic heterocycles. The molecule has 4 aromatic rings. The number of benzene rings is 3. The highest BCUT2D eigenvalue weighted by atomic mass is 32.2. The fraction of sp³-hybridized carbons (Fsp3) is 0.0500. The third kappa shape index (κ3) is 3.81. The van der Waals surface area contributed by atoms with E-state index in [1.54, 1.807) is 37.3 Å². The van der Waals surface area contributed by atoms with Gasteiger partial charge in [0.25, 0.3) is 0 Å². The highest BCUT2D eigenvalue weighted by Gasteiger charge is 2.18. The molecule has 29 heavy (non-hydrogen) atoms. The molecular weight excluding hydrogens is 392 g/mol. The zero-order chi connectivity index (χ0) is 20.4. The zero-order valence-corrected chi connectivity index (χ0v) is 16.1. The predicted octanol–water partition coefficient (Wildman–Crippen LogP) is 2.68. The maximum Gasteiger partial charge on any atom is 0.364 e. The number of H-pyrrole nitrogens is 1. The number of nitrogens with one attached hydrogen (secondary N) is 1. The summed E-state index contributed by atoms with van der Waals surface area (Å²) in [4.78, 5) is 11.7. The summed E-state index contributed by atoms with van der Waals surface area (Å²) in [6.45, 7) is 1.61. The highest BCUT2D eigenvalue weighted by molar-refractivity contribution is 7.87. The van der Waals surface area contributed by atoms with Crippen molar-refractivity contribution in [2.24, 2.45) is 5.10 Å². The molecule has 0 atom stereocenters. The molecule has 4 rings (SSSR count). The maximum absolute atomic E-state index is 12.8. The van der Waals surface area contributed by atoms with Crippen LogP contribution in [0.4, 0.5) is 0 Å². The van der Waals surface area contributed by atoms with Crippen LogP contribution < -0.4 is 9.87 Å². The van der Waals surface area contributed by atoms with E-state index in [-0.39, 0.29) is 10.6 Å². The van der Waals surface area contributed by atoms with Gasteiger partial charge in [-0.1, -0.05) is 42.5 Å². The first-order valence-corrected chi connectivity index (χ1v) is 10.1. The third-order valence-electron chi connectivity index (χ3n) is 4.25. The number of fused-ring (bicyclic) bond motifs is 1. The van der Waals surface area contributed by atoms with E-state index in [2.05, 4.69) is 15.3 Å². The van der Waals surface area contributed by atoms with Gasteiger partial charge in [-0.15, -0.1) is 0 Å². The molecule has 0 fully saturated rings. The predicted molar refractivity (Wildman–Crippen MR) is 109 cm³/mol. The number of aromatic amines is 1. The number of hydrogen-bond donors (Lipinski definition) is 1.